The molecule has 1 aromatic carbocycles. The number of hydrogen-bond acceptors (Lipinski definition) is 4. The van der Waals surface area contributed by atoms with Crippen molar-refractivity contribution >= 4 is 39.8 Å². The van der Waals surface area contributed by atoms with E-state index in [1.165, 1.54) is 25.4 Å². The molecule has 0 bridgehead atoms. The number of aryl methyl sites for hydroxylation is 1. The lowest BCUT2D eigenvalue weighted by Gasteiger charge is -2.07. The van der Waals surface area contributed by atoms with Crippen LogP contribution in [-0.4, -0.2) is 19.0 Å². The highest BCUT2D eigenvalue weighted by Gasteiger charge is 2.24. The van der Waals surface area contributed by atoms with Gasteiger partial charge < -0.3 is 10.1 Å². The van der Waals surface area contributed by atoms with Gasteiger partial charge in [-0.05, 0) is 24.6 Å². The van der Waals surface area contributed by atoms with Crippen LogP contribution < -0.4 is 5.32 Å². The van der Waals surface area contributed by atoms with Gasteiger partial charge in [0.05, 0.1) is 7.11 Å². The summed E-state index contributed by atoms with van der Waals surface area (Å²) in [5, 5.41) is 3.75. The zero-order valence-electron chi connectivity index (χ0n) is 11.8. The molecule has 0 unspecified atom stereocenters. The molecule has 2 aromatic rings. The number of methoxy groups -OCH3 is 1. The summed E-state index contributed by atoms with van der Waals surface area (Å²) < 4.78 is 4.85. The van der Waals surface area contributed by atoms with Gasteiger partial charge in [0.2, 0.25) is 5.91 Å². The summed E-state index contributed by atoms with van der Waals surface area (Å²) in [7, 11) is 1.31. The van der Waals surface area contributed by atoms with Crippen LogP contribution in [-0.2, 0) is 9.53 Å². The van der Waals surface area contributed by atoms with Crippen molar-refractivity contribution in [2.75, 3.05) is 12.4 Å². The Kier molecular flexibility index (Phi) is 4.65. The molecule has 0 fully saturated rings. The molecule has 0 saturated heterocycles. The van der Waals surface area contributed by atoms with Gasteiger partial charge in [-0.25, -0.2) is 4.79 Å². The van der Waals surface area contributed by atoms with Gasteiger partial charge in [-0.2, -0.15) is 0 Å². The number of nitrogens with one attached hydrogen (secondary N) is 1. The topological polar surface area (TPSA) is 55.4 Å². The normalized spacial score (nSPS) is 10.3. The van der Waals surface area contributed by atoms with Crippen molar-refractivity contribution in [3.8, 4) is 11.1 Å². The number of benzene rings is 1. The molecule has 1 N–H and O–H groups in total. The van der Waals surface area contributed by atoms with Crippen LogP contribution in [0.25, 0.3) is 11.1 Å². The fraction of sp³-hybridized carbons (Fsp3) is 0.200. The molecular weight excluding hydrogens is 310 g/mol. The Hall–Kier alpha value is -1.85. The van der Waals surface area contributed by atoms with Gasteiger partial charge in [0.1, 0.15) is 10.6 Å². The SMILES string of the molecule is COC(=O)c1c(NC(C)=O)sc(C)c1-c1cccc(Cl)c1. The second kappa shape index (κ2) is 6.28. The molecule has 21 heavy (non-hydrogen) atoms. The van der Waals surface area contributed by atoms with Crippen LogP contribution in [0.5, 0.6) is 0 Å². The molecule has 110 valence electrons. The average molecular weight is 324 g/mol. The minimum absolute atomic E-state index is 0.237. The number of halogens is 1. The number of amides is 1. The second-order valence-electron chi connectivity index (χ2n) is 4.42. The van der Waals surface area contributed by atoms with Crippen LogP contribution in [0.3, 0.4) is 0 Å². The maximum atomic E-state index is 12.1. The van der Waals surface area contributed by atoms with Crippen molar-refractivity contribution in [1.82, 2.24) is 0 Å². The lowest BCUT2D eigenvalue weighted by molar-refractivity contribution is -0.114. The maximum absolute atomic E-state index is 12.1. The molecule has 2 rings (SSSR count). The smallest absolute Gasteiger partial charge is 0.341 e. The molecule has 0 aliphatic rings. The third-order valence-electron chi connectivity index (χ3n) is 2.88. The van der Waals surface area contributed by atoms with Crippen molar-refractivity contribution < 1.29 is 14.3 Å². The summed E-state index contributed by atoms with van der Waals surface area (Å²) >= 11 is 7.36. The fourth-order valence-corrected chi connectivity index (χ4v) is 3.38. The van der Waals surface area contributed by atoms with Crippen LogP contribution in [0, 0.1) is 6.92 Å². The molecule has 0 spiro atoms. The highest BCUT2D eigenvalue weighted by molar-refractivity contribution is 7.17. The van der Waals surface area contributed by atoms with E-state index in [-0.39, 0.29) is 5.91 Å². The van der Waals surface area contributed by atoms with Gasteiger partial charge in [0.15, 0.2) is 0 Å². The summed E-state index contributed by atoms with van der Waals surface area (Å²) in [6.07, 6.45) is 0. The molecule has 0 aliphatic heterocycles. The maximum Gasteiger partial charge on any atom is 0.341 e. The lowest BCUT2D eigenvalue weighted by atomic mass is 10.0. The minimum atomic E-state index is -0.488. The van der Waals surface area contributed by atoms with E-state index >= 15 is 0 Å². The molecule has 0 aliphatic carbocycles. The molecule has 0 saturated carbocycles. The van der Waals surface area contributed by atoms with Gasteiger partial charge in [-0.3, -0.25) is 4.79 Å². The number of thiophene rings is 1. The van der Waals surface area contributed by atoms with E-state index in [0.717, 1.165) is 16.0 Å². The number of carbonyl (C=O) groups is 2. The predicted octanol–water partition coefficient (Wildman–Crippen LogP) is 4.12. The highest BCUT2D eigenvalue weighted by atomic mass is 35.5. The molecule has 6 heteroatoms. The van der Waals surface area contributed by atoms with E-state index in [9.17, 15) is 9.59 Å². The standard InChI is InChI=1S/C15H14ClNO3S/c1-8-12(10-5-4-6-11(16)7-10)13(15(19)20-3)14(21-8)17-9(2)18/h4-7H,1-3H3,(H,17,18). The molecule has 1 amide bonds. The van der Waals surface area contributed by atoms with Crippen LogP contribution in [0.1, 0.15) is 22.2 Å². The number of anilines is 1. The van der Waals surface area contributed by atoms with Crippen LogP contribution in [0.15, 0.2) is 24.3 Å². The van der Waals surface area contributed by atoms with E-state index in [2.05, 4.69) is 5.32 Å². The van der Waals surface area contributed by atoms with Crippen LogP contribution in [0.2, 0.25) is 5.02 Å². The first kappa shape index (κ1) is 15.5. The van der Waals surface area contributed by atoms with Gasteiger partial charge in [-0.15, -0.1) is 11.3 Å². The zero-order valence-corrected chi connectivity index (χ0v) is 13.4. The van der Waals surface area contributed by atoms with Crippen molar-refractivity contribution in [2.45, 2.75) is 13.8 Å². The van der Waals surface area contributed by atoms with Gasteiger partial charge in [0, 0.05) is 22.4 Å². The molecule has 4 nitrogen and oxygen atoms in total. The Balaban J connectivity index is 2.67. The number of rotatable bonds is 3. The highest BCUT2D eigenvalue weighted by Crippen LogP contribution is 2.40. The molecular formula is C15H14ClNO3S. The Morgan fingerprint density at radius 1 is 1.33 bits per heavy atom. The second-order valence-corrected chi connectivity index (χ2v) is 6.08. The van der Waals surface area contributed by atoms with Crippen molar-refractivity contribution in [1.29, 1.82) is 0 Å². The fourth-order valence-electron chi connectivity index (χ4n) is 2.08. The Bertz CT molecular complexity index is 709. The lowest BCUT2D eigenvalue weighted by Crippen LogP contribution is -2.10. The monoisotopic (exact) mass is 323 g/mol. The first-order valence-corrected chi connectivity index (χ1v) is 7.38. The Labute approximate surface area is 131 Å². The van der Waals surface area contributed by atoms with Gasteiger partial charge in [0.25, 0.3) is 0 Å². The number of hydrogen-bond donors (Lipinski definition) is 1. The quantitative estimate of drug-likeness (QED) is 0.864. The molecule has 0 atom stereocenters. The largest absolute Gasteiger partial charge is 0.465 e. The summed E-state index contributed by atoms with van der Waals surface area (Å²) in [6.45, 7) is 3.29. The first-order valence-electron chi connectivity index (χ1n) is 6.19. The molecule has 1 heterocycles. The van der Waals surface area contributed by atoms with Crippen LogP contribution in [0.4, 0.5) is 5.00 Å². The number of ether oxygens (including phenoxy) is 1. The average Bonchev–Trinajstić information content (AvgIpc) is 2.73. The van der Waals surface area contributed by atoms with Gasteiger partial charge in [-0.1, -0.05) is 23.7 Å². The number of esters is 1. The van der Waals surface area contributed by atoms with Crippen molar-refractivity contribution in [3.05, 3.63) is 39.7 Å². The van der Waals surface area contributed by atoms with E-state index in [1.54, 1.807) is 12.1 Å². The summed E-state index contributed by atoms with van der Waals surface area (Å²) in [5.74, 6) is -0.725. The molecule has 1 aromatic heterocycles. The predicted molar refractivity (Wildman–Crippen MR) is 85.1 cm³/mol. The Morgan fingerprint density at radius 3 is 2.62 bits per heavy atom. The van der Waals surface area contributed by atoms with Gasteiger partial charge >= 0.3 is 5.97 Å². The number of carbonyl (C=O) groups excluding carboxylic acids is 2. The summed E-state index contributed by atoms with van der Waals surface area (Å²) in [5.41, 5.74) is 1.91. The molecule has 0 radical (unpaired) electrons. The zero-order chi connectivity index (χ0) is 15.6. The third kappa shape index (κ3) is 3.25. The summed E-state index contributed by atoms with van der Waals surface area (Å²) in [4.78, 5) is 24.3. The Morgan fingerprint density at radius 2 is 2.05 bits per heavy atom. The van der Waals surface area contributed by atoms with Crippen molar-refractivity contribution in [2.24, 2.45) is 0 Å². The van der Waals surface area contributed by atoms with Crippen molar-refractivity contribution in [3.63, 3.8) is 0 Å². The van der Waals surface area contributed by atoms with E-state index in [1.807, 2.05) is 19.1 Å². The van der Waals surface area contributed by atoms with E-state index < -0.39 is 5.97 Å². The third-order valence-corrected chi connectivity index (χ3v) is 4.13. The van der Waals surface area contributed by atoms with Crippen LogP contribution >= 0.6 is 22.9 Å². The first-order chi connectivity index (χ1) is 9.93. The minimum Gasteiger partial charge on any atom is -0.465 e. The summed E-state index contributed by atoms with van der Waals surface area (Å²) in [6, 6.07) is 7.22. The van der Waals surface area contributed by atoms with E-state index in [0.29, 0.717) is 15.6 Å². The van der Waals surface area contributed by atoms with E-state index in [4.69, 9.17) is 16.3 Å².